The van der Waals surface area contributed by atoms with E-state index in [-0.39, 0.29) is 0 Å². The van der Waals surface area contributed by atoms with Crippen LogP contribution in [0.15, 0.2) is 29.8 Å². The van der Waals surface area contributed by atoms with Gasteiger partial charge in [0.05, 0.1) is 11.3 Å². The second-order valence-corrected chi connectivity index (χ2v) is 4.88. The van der Waals surface area contributed by atoms with Gasteiger partial charge in [0, 0.05) is 22.0 Å². The molecule has 0 amide bonds. The van der Waals surface area contributed by atoms with Crippen molar-refractivity contribution < 1.29 is 0 Å². The molecule has 0 fully saturated rings. The molecular formula is C13H12N2S. The first-order valence-electron chi connectivity index (χ1n) is 5.15. The Balaban J connectivity index is 2.32. The number of pyridine rings is 1. The SMILES string of the molecule is CC(C)c1cc(-c2ccc(C#N)cn2)cs1. The maximum Gasteiger partial charge on any atom is 0.101 e. The van der Waals surface area contributed by atoms with Crippen molar-refractivity contribution in [2.24, 2.45) is 0 Å². The molecule has 3 heteroatoms. The van der Waals surface area contributed by atoms with Gasteiger partial charge in [-0.1, -0.05) is 13.8 Å². The van der Waals surface area contributed by atoms with Crippen molar-refractivity contribution >= 4 is 11.3 Å². The average Bonchev–Trinajstić information content (AvgIpc) is 2.78. The largest absolute Gasteiger partial charge is 0.255 e. The summed E-state index contributed by atoms with van der Waals surface area (Å²) in [5.41, 5.74) is 2.67. The second-order valence-electron chi connectivity index (χ2n) is 3.94. The highest BCUT2D eigenvalue weighted by atomic mass is 32.1. The van der Waals surface area contributed by atoms with Crippen molar-refractivity contribution in [3.05, 3.63) is 40.2 Å². The number of hydrogen-bond donors (Lipinski definition) is 0. The van der Waals surface area contributed by atoms with E-state index in [1.165, 1.54) is 4.88 Å². The zero-order valence-electron chi connectivity index (χ0n) is 9.27. The van der Waals surface area contributed by atoms with Gasteiger partial charge in [0.1, 0.15) is 6.07 Å². The summed E-state index contributed by atoms with van der Waals surface area (Å²) in [5, 5.41) is 10.8. The van der Waals surface area contributed by atoms with E-state index in [9.17, 15) is 0 Å². The number of aromatic nitrogens is 1. The van der Waals surface area contributed by atoms with Crippen molar-refractivity contribution in [1.82, 2.24) is 4.98 Å². The number of nitrogens with zero attached hydrogens (tertiary/aromatic N) is 2. The molecule has 0 aliphatic heterocycles. The Morgan fingerprint density at radius 2 is 2.19 bits per heavy atom. The Morgan fingerprint density at radius 3 is 2.69 bits per heavy atom. The molecule has 0 N–H and O–H groups in total. The zero-order chi connectivity index (χ0) is 11.5. The third-order valence-electron chi connectivity index (χ3n) is 2.38. The van der Waals surface area contributed by atoms with E-state index in [1.807, 2.05) is 6.07 Å². The van der Waals surface area contributed by atoms with Gasteiger partial charge >= 0.3 is 0 Å². The van der Waals surface area contributed by atoms with Crippen LogP contribution in [-0.2, 0) is 0 Å². The summed E-state index contributed by atoms with van der Waals surface area (Å²) >= 11 is 1.76. The molecule has 0 spiro atoms. The fourth-order valence-electron chi connectivity index (χ4n) is 1.42. The minimum atomic E-state index is 0.553. The molecule has 0 unspecified atom stereocenters. The fourth-order valence-corrected chi connectivity index (χ4v) is 2.34. The van der Waals surface area contributed by atoms with Crippen LogP contribution in [0.4, 0.5) is 0 Å². The molecule has 2 nitrogen and oxygen atoms in total. The van der Waals surface area contributed by atoms with Gasteiger partial charge < -0.3 is 0 Å². The monoisotopic (exact) mass is 228 g/mol. The minimum Gasteiger partial charge on any atom is -0.255 e. The van der Waals surface area contributed by atoms with Gasteiger partial charge in [-0.15, -0.1) is 11.3 Å². The summed E-state index contributed by atoms with van der Waals surface area (Å²) in [5.74, 6) is 0.553. The van der Waals surface area contributed by atoms with Gasteiger partial charge in [-0.25, -0.2) is 0 Å². The second kappa shape index (κ2) is 4.46. The van der Waals surface area contributed by atoms with Crippen LogP contribution in [-0.4, -0.2) is 4.98 Å². The van der Waals surface area contributed by atoms with Crippen LogP contribution in [0.25, 0.3) is 11.3 Å². The summed E-state index contributed by atoms with van der Waals surface area (Å²) in [6.07, 6.45) is 1.61. The van der Waals surface area contributed by atoms with Crippen LogP contribution in [0.2, 0.25) is 0 Å². The predicted octanol–water partition coefficient (Wildman–Crippen LogP) is 3.81. The lowest BCUT2D eigenvalue weighted by atomic mass is 10.1. The van der Waals surface area contributed by atoms with Crippen molar-refractivity contribution in [2.45, 2.75) is 19.8 Å². The molecule has 0 aliphatic carbocycles. The number of rotatable bonds is 2. The average molecular weight is 228 g/mol. The molecule has 16 heavy (non-hydrogen) atoms. The third kappa shape index (κ3) is 2.12. The Bertz CT molecular complexity index is 518. The van der Waals surface area contributed by atoms with Crippen molar-refractivity contribution in [3.8, 4) is 17.3 Å². The zero-order valence-corrected chi connectivity index (χ0v) is 10.1. The van der Waals surface area contributed by atoms with E-state index in [0.29, 0.717) is 11.5 Å². The Labute approximate surface area is 99.2 Å². The van der Waals surface area contributed by atoms with E-state index in [1.54, 1.807) is 23.6 Å². The quantitative estimate of drug-likeness (QED) is 0.783. The van der Waals surface area contributed by atoms with Crippen LogP contribution in [0.5, 0.6) is 0 Å². The standard InChI is InChI=1S/C13H12N2S/c1-9(2)13-5-11(8-16-13)12-4-3-10(6-14)7-15-12/h3-5,7-9H,1-2H3. The lowest BCUT2D eigenvalue weighted by molar-refractivity contribution is 0.890. The van der Waals surface area contributed by atoms with Gasteiger partial charge in [0.15, 0.2) is 0 Å². The smallest absolute Gasteiger partial charge is 0.101 e. The summed E-state index contributed by atoms with van der Waals surface area (Å²) in [6, 6.07) is 7.93. The van der Waals surface area contributed by atoms with Crippen molar-refractivity contribution in [3.63, 3.8) is 0 Å². The highest BCUT2D eigenvalue weighted by Crippen LogP contribution is 2.28. The van der Waals surface area contributed by atoms with Gasteiger partial charge in [0.2, 0.25) is 0 Å². The molecule has 2 heterocycles. The molecule has 2 rings (SSSR count). The maximum atomic E-state index is 8.69. The summed E-state index contributed by atoms with van der Waals surface area (Å²) in [4.78, 5) is 5.64. The fraction of sp³-hybridized carbons (Fsp3) is 0.231. The highest BCUT2D eigenvalue weighted by molar-refractivity contribution is 7.10. The Morgan fingerprint density at radius 1 is 1.38 bits per heavy atom. The van der Waals surface area contributed by atoms with E-state index in [2.05, 4.69) is 36.3 Å². The first-order valence-corrected chi connectivity index (χ1v) is 6.03. The van der Waals surface area contributed by atoms with E-state index in [4.69, 9.17) is 5.26 Å². The van der Waals surface area contributed by atoms with Gasteiger partial charge in [-0.3, -0.25) is 4.98 Å². The molecule has 2 aromatic rings. The van der Waals surface area contributed by atoms with E-state index in [0.717, 1.165) is 11.3 Å². The van der Waals surface area contributed by atoms with Crippen LogP contribution >= 0.6 is 11.3 Å². The number of nitriles is 1. The highest BCUT2D eigenvalue weighted by Gasteiger charge is 2.06. The predicted molar refractivity (Wildman–Crippen MR) is 66.4 cm³/mol. The van der Waals surface area contributed by atoms with E-state index < -0.39 is 0 Å². The number of thiophene rings is 1. The molecule has 80 valence electrons. The van der Waals surface area contributed by atoms with Gasteiger partial charge in [0.25, 0.3) is 0 Å². The summed E-state index contributed by atoms with van der Waals surface area (Å²) < 4.78 is 0. The third-order valence-corrected chi connectivity index (χ3v) is 3.61. The maximum absolute atomic E-state index is 8.69. The summed E-state index contributed by atoms with van der Waals surface area (Å²) in [7, 11) is 0. The minimum absolute atomic E-state index is 0.553. The Hall–Kier alpha value is -1.66. The first kappa shape index (κ1) is 10.8. The molecule has 0 radical (unpaired) electrons. The first-order chi connectivity index (χ1) is 7.70. The summed E-state index contributed by atoms with van der Waals surface area (Å²) in [6.45, 7) is 4.36. The number of hydrogen-bond acceptors (Lipinski definition) is 3. The van der Waals surface area contributed by atoms with Crippen LogP contribution < -0.4 is 0 Å². The lowest BCUT2D eigenvalue weighted by Gasteiger charge is -1.98. The van der Waals surface area contributed by atoms with Gasteiger partial charge in [-0.05, 0) is 24.1 Å². The molecule has 0 aliphatic rings. The topological polar surface area (TPSA) is 36.7 Å². The molecule has 0 saturated heterocycles. The Kier molecular flexibility index (Phi) is 3.02. The molecule has 0 atom stereocenters. The lowest BCUT2D eigenvalue weighted by Crippen LogP contribution is -1.83. The van der Waals surface area contributed by atoms with Crippen molar-refractivity contribution in [2.75, 3.05) is 0 Å². The van der Waals surface area contributed by atoms with Gasteiger partial charge in [-0.2, -0.15) is 5.26 Å². The van der Waals surface area contributed by atoms with Crippen LogP contribution in [0, 0.1) is 11.3 Å². The molecule has 2 aromatic heterocycles. The molecular weight excluding hydrogens is 216 g/mol. The van der Waals surface area contributed by atoms with E-state index >= 15 is 0 Å². The molecule has 0 aromatic carbocycles. The van der Waals surface area contributed by atoms with Crippen LogP contribution in [0.1, 0.15) is 30.2 Å². The normalized spacial score (nSPS) is 10.4. The molecule has 0 saturated carbocycles. The molecule has 0 bridgehead atoms. The van der Waals surface area contributed by atoms with Crippen molar-refractivity contribution in [1.29, 1.82) is 5.26 Å². The van der Waals surface area contributed by atoms with Crippen LogP contribution in [0.3, 0.4) is 0 Å².